The molecular formula is C20H27NO7. The molecule has 1 aliphatic carbocycles. The molecule has 28 heavy (non-hydrogen) atoms. The minimum atomic E-state index is -1.45. The zero-order valence-electron chi connectivity index (χ0n) is 17.3. The molecule has 0 aromatic carbocycles. The van der Waals surface area contributed by atoms with Crippen molar-refractivity contribution in [1.29, 1.82) is 0 Å². The topological polar surface area (TPSA) is 108 Å². The van der Waals surface area contributed by atoms with Gasteiger partial charge in [-0.1, -0.05) is 0 Å². The molecule has 0 saturated carbocycles. The molecule has 1 fully saturated rings. The van der Waals surface area contributed by atoms with Crippen LogP contribution in [0.4, 0.5) is 0 Å². The monoisotopic (exact) mass is 393 g/mol. The number of amides is 1. The van der Waals surface area contributed by atoms with E-state index in [0.29, 0.717) is 5.57 Å². The Labute approximate surface area is 164 Å². The molecule has 154 valence electrons. The summed E-state index contributed by atoms with van der Waals surface area (Å²) in [6, 6.07) is 0. The van der Waals surface area contributed by atoms with Crippen molar-refractivity contribution in [3.8, 4) is 0 Å². The predicted molar refractivity (Wildman–Crippen MR) is 98.9 cm³/mol. The second kappa shape index (κ2) is 7.07. The number of hydrogen-bond acceptors (Lipinski definition) is 7. The Balaban J connectivity index is 2.24. The Kier molecular flexibility index (Phi) is 5.47. The largest absolute Gasteiger partial charge is 0.496 e. The highest BCUT2D eigenvalue weighted by atomic mass is 16.6. The molecule has 0 unspecified atom stereocenters. The first-order valence-corrected chi connectivity index (χ1v) is 9.00. The first-order chi connectivity index (χ1) is 12.7. The number of ether oxygens (including phenoxy) is 3. The third-order valence-electron chi connectivity index (χ3n) is 5.05. The van der Waals surface area contributed by atoms with Crippen LogP contribution in [-0.4, -0.2) is 47.5 Å². The standard InChI is InChI=1S/C20H27NO7/c1-11-12(22)10-13-19(5,17(25)28-20(13,6)16(11)26-7)21-14(23)8-9-15(24)27-18(2,3)4/h8-9,13H,10H2,1-7H3,(H,21,23)/b9-8+/t13-,19-,20+/m1/s1. The van der Waals surface area contributed by atoms with Crippen molar-refractivity contribution in [3.05, 3.63) is 23.5 Å². The van der Waals surface area contributed by atoms with Gasteiger partial charge in [-0.25, -0.2) is 9.59 Å². The number of nitrogens with one attached hydrogen (secondary N) is 1. The number of methoxy groups -OCH3 is 1. The Bertz CT molecular complexity index is 789. The van der Waals surface area contributed by atoms with E-state index in [1.54, 1.807) is 34.6 Å². The maximum absolute atomic E-state index is 12.7. The highest BCUT2D eigenvalue weighted by molar-refractivity contribution is 6.01. The first kappa shape index (κ1) is 21.7. The summed E-state index contributed by atoms with van der Waals surface area (Å²) in [5, 5.41) is 2.59. The van der Waals surface area contributed by atoms with E-state index in [4.69, 9.17) is 14.2 Å². The number of carbonyl (C=O) groups excluding carboxylic acids is 4. The van der Waals surface area contributed by atoms with Crippen LogP contribution in [0.25, 0.3) is 0 Å². The van der Waals surface area contributed by atoms with Crippen molar-refractivity contribution in [1.82, 2.24) is 5.32 Å². The normalized spacial score (nSPS) is 30.2. The van der Waals surface area contributed by atoms with Gasteiger partial charge in [-0.3, -0.25) is 9.59 Å². The maximum Gasteiger partial charge on any atom is 0.333 e. The average molecular weight is 393 g/mol. The van der Waals surface area contributed by atoms with Crippen molar-refractivity contribution in [3.63, 3.8) is 0 Å². The van der Waals surface area contributed by atoms with Crippen LogP contribution in [0.15, 0.2) is 23.5 Å². The summed E-state index contributed by atoms with van der Waals surface area (Å²) >= 11 is 0. The van der Waals surface area contributed by atoms with Gasteiger partial charge >= 0.3 is 11.9 Å². The summed E-state index contributed by atoms with van der Waals surface area (Å²) in [5.41, 5.74) is -2.91. The van der Waals surface area contributed by atoms with E-state index >= 15 is 0 Å². The first-order valence-electron chi connectivity index (χ1n) is 9.00. The van der Waals surface area contributed by atoms with Crippen molar-refractivity contribution in [2.45, 2.75) is 64.7 Å². The highest BCUT2D eigenvalue weighted by Gasteiger charge is 2.65. The van der Waals surface area contributed by atoms with Gasteiger partial charge in [0.25, 0.3) is 0 Å². The molecule has 8 nitrogen and oxygen atoms in total. The molecule has 3 atom stereocenters. The molecule has 1 amide bonds. The van der Waals surface area contributed by atoms with Gasteiger partial charge in [0, 0.05) is 30.1 Å². The number of hydrogen-bond donors (Lipinski definition) is 1. The number of fused-ring (bicyclic) bond motifs is 1. The SMILES string of the molecule is COC1=C(C)C(=O)C[C@@H]2[C@@](C)(NC(=O)/C=C/C(=O)OC(C)(C)C)C(=O)O[C@]12C. The summed E-state index contributed by atoms with van der Waals surface area (Å²) in [4.78, 5) is 49.1. The van der Waals surface area contributed by atoms with Crippen LogP contribution in [-0.2, 0) is 33.4 Å². The zero-order valence-corrected chi connectivity index (χ0v) is 17.3. The van der Waals surface area contributed by atoms with Crippen LogP contribution in [0.2, 0.25) is 0 Å². The van der Waals surface area contributed by atoms with Gasteiger partial charge in [-0.05, 0) is 41.5 Å². The van der Waals surface area contributed by atoms with Gasteiger partial charge in [0.1, 0.15) is 16.9 Å². The van der Waals surface area contributed by atoms with E-state index in [1.807, 2.05) is 0 Å². The smallest absolute Gasteiger partial charge is 0.333 e. The lowest BCUT2D eigenvalue weighted by Crippen LogP contribution is -2.57. The lowest BCUT2D eigenvalue weighted by molar-refractivity contribution is -0.152. The average Bonchev–Trinajstić information content (AvgIpc) is 2.72. The molecule has 0 aromatic heterocycles. The summed E-state index contributed by atoms with van der Waals surface area (Å²) < 4.78 is 16.0. The fraction of sp³-hybridized carbons (Fsp3) is 0.600. The summed E-state index contributed by atoms with van der Waals surface area (Å²) in [5.74, 6) is -2.58. The molecule has 0 spiro atoms. The van der Waals surface area contributed by atoms with Crippen molar-refractivity contribution in [2.24, 2.45) is 5.92 Å². The van der Waals surface area contributed by atoms with Gasteiger partial charge in [0.15, 0.2) is 11.4 Å². The predicted octanol–water partition coefficient (Wildman–Crippen LogP) is 1.58. The van der Waals surface area contributed by atoms with E-state index < -0.39 is 40.5 Å². The van der Waals surface area contributed by atoms with Gasteiger partial charge in [-0.15, -0.1) is 0 Å². The number of Topliss-reactive ketones (excluding diaryl/α,β-unsaturated/α-hetero) is 1. The van der Waals surface area contributed by atoms with E-state index in [1.165, 1.54) is 14.0 Å². The highest BCUT2D eigenvalue weighted by Crippen LogP contribution is 2.50. The zero-order chi connectivity index (χ0) is 21.5. The number of ketones is 1. The molecule has 0 bridgehead atoms. The van der Waals surface area contributed by atoms with Crippen molar-refractivity contribution in [2.75, 3.05) is 7.11 Å². The second-order valence-electron chi connectivity index (χ2n) is 8.39. The van der Waals surface area contributed by atoms with E-state index in [2.05, 4.69) is 5.32 Å². The molecule has 1 heterocycles. The molecule has 0 radical (unpaired) electrons. The summed E-state index contributed by atoms with van der Waals surface area (Å²) in [6.07, 6.45) is 2.00. The molecular weight excluding hydrogens is 366 g/mol. The third kappa shape index (κ3) is 3.81. The molecule has 1 aliphatic heterocycles. The molecule has 0 aromatic rings. The van der Waals surface area contributed by atoms with E-state index in [-0.39, 0.29) is 18.0 Å². The van der Waals surface area contributed by atoms with Gasteiger partial charge in [0.2, 0.25) is 5.91 Å². The van der Waals surface area contributed by atoms with Gasteiger partial charge in [-0.2, -0.15) is 0 Å². The van der Waals surface area contributed by atoms with Gasteiger partial charge < -0.3 is 19.5 Å². The van der Waals surface area contributed by atoms with Crippen LogP contribution in [0.5, 0.6) is 0 Å². The third-order valence-corrected chi connectivity index (χ3v) is 5.05. The number of esters is 2. The van der Waals surface area contributed by atoms with Crippen LogP contribution in [0, 0.1) is 5.92 Å². The lowest BCUT2D eigenvalue weighted by atomic mass is 9.69. The Morgan fingerprint density at radius 1 is 1.21 bits per heavy atom. The fourth-order valence-corrected chi connectivity index (χ4v) is 3.77. The molecule has 2 aliphatic rings. The molecule has 1 N–H and O–H groups in total. The molecule has 2 rings (SSSR count). The summed E-state index contributed by atoms with van der Waals surface area (Å²) in [6.45, 7) is 9.91. The van der Waals surface area contributed by atoms with E-state index in [9.17, 15) is 19.2 Å². The van der Waals surface area contributed by atoms with Crippen LogP contribution < -0.4 is 5.32 Å². The van der Waals surface area contributed by atoms with Crippen molar-refractivity contribution < 1.29 is 33.4 Å². The van der Waals surface area contributed by atoms with Crippen molar-refractivity contribution >= 4 is 23.6 Å². The quantitative estimate of drug-likeness (QED) is 0.571. The minimum Gasteiger partial charge on any atom is -0.496 e. The lowest BCUT2D eigenvalue weighted by Gasteiger charge is -2.39. The van der Waals surface area contributed by atoms with Gasteiger partial charge in [0.05, 0.1) is 7.11 Å². The Morgan fingerprint density at radius 3 is 2.36 bits per heavy atom. The van der Waals surface area contributed by atoms with E-state index in [0.717, 1.165) is 12.2 Å². The molecule has 8 heteroatoms. The van der Waals surface area contributed by atoms with Crippen LogP contribution >= 0.6 is 0 Å². The minimum absolute atomic E-state index is 0.0213. The number of rotatable bonds is 4. The van der Waals surface area contributed by atoms with Crippen LogP contribution in [0.3, 0.4) is 0 Å². The maximum atomic E-state index is 12.7. The summed E-state index contributed by atoms with van der Waals surface area (Å²) in [7, 11) is 1.41. The second-order valence-corrected chi connectivity index (χ2v) is 8.39. The molecule has 1 saturated heterocycles. The Hall–Kier alpha value is -2.64. The number of carbonyl (C=O) groups is 4. The number of allylic oxidation sites excluding steroid dienone is 1. The Morgan fingerprint density at radius 2 is 1.82 bits per heavy atom. The van der Waals surface area contributed by atoms with Crippen LogP contribution in [0.1, 0.15) is 48.0 Å². The fourth-order valence-electron chi connectivity index (χ4n) is 3.77.